The fourth-order valence-corrected chi connectivity index (χ4v) is 2.88. The molecule has 0 bridgehead atoms. The first-order chi connectivity index (χ1) is 11.1. The molecule has 1 fully saturated rings. The van der Waals surface area contributed by atoms with Crippen molar-refractivity contribution in [3.05, 3.63) is 40.7 Å². The molecule has 1 saturated heterocycles. The van der Waals surface area contributed by atoms with Crippen LogP contribution in [0.2, 0.25) is 5.02 Å². The second kappa shape index (κ2) is 6.68. The normalized spacial score (nSPS) is 15.6. The lowest BCUT2D eigenvalue weighted by Gasteiger charge is -2.22. The summed E-state index contributed by atoms with van der Waals surface area (Å²) >= 11 is 6.14. The predicted octanol–water partition coefficient (Wildman–Crippen LogP) is 2.44. The molecule has 1 aliphatic rings. The Balaban J connectivity index is 1.76. The Hall–Kier alpha value is -1.92. The van der Waals surface area contributed by atoms with E-state index in [1.165, 1.54) is 0 Å². The van der Waals surface area contributed by atoms with Gasteiger partial charge in [-0.1, -0.05) is 22.9 Å². The van der Waals surface area contributed by atoms with E-state index in [0.29, 0.717) is 16.8 Å². The SMILES string of the molecule is Cc1ccc(N(C)C(=O)c2cn(C3CCNCC3)nn2)cc1Cl. The third kappa shape index (κ3) is 3.38. The van der Waals surface area contributed by atoms with Crippen molar-refractivity contribution >= 4 is 23.2 Å². The molecule has 0 spiro atoms. The summed E-state index contributed by atoms with van der Waals surface area (Å²) in [4.78, 5) is 14.1. The molecule has 0 radical (unpaired) electrons. The van der Waals surface area contributed by atoms with Crippen LogP contribution in [0.3, 0.4) is 0 Å². The van der Waals surface area contributed by atoms with Crippen LogP contribution in [-0.4, -0.2) is 41.0 Å². The minimum atomic E-state index is -0.190. The van der Waals surface area contributed by atoms with Crippen molar-refractivity contribution in [1.82, 2.24) is 20.3 Å². The summed E-state index contributed by atoms with van der Waals surface area (Å²) < 4.78 is 1.81. The molecule has 3 rings (SSSR count). The van der Waals surface area contributed by atoms with Crippen molar-refractivity contribution in [3.63, 3.8) is 0 Å². The largest absolute Gasteiger partial charge is 0.317 e. The van der Waals surface area contributed by atoms with Gasteiger partial charge in [-0.15, -0.1) is 5.10 Å². The van der Waals surface area contributed by atoms with Crippen LogP contribution in [0.25, 0.3) is 0 Å². The zero-order valence-electron chi connectivity index (χ0n) is 13.3. The molecule has 0 aliphatic carbocycles. The van der Waals surface area contributed by atoms with Crippen molar-refractivity contribution in [3.8, 4) is 0 Å². The maximum atomic E-state index is 12.6. The van der Waals surface area contributed by atoms with Gasteiger partial charge in [0.1, 0.15) is 0 Å². The lowest BCUT2D eigenvalue weighted by Crippen LogP contribution is -2.29. The van der Waals surface area contributed by atoms with Crippen LogP contribution in [0, 0.1) is 6.92 Å². The van der Waals surface area contributed by atoms with Gasteiger partial charge in [0.05, 0.1) is 12.2 Å². The molecule has 2 heterocycles. The molecule has 2 aromatic rings. The first-order valence-electron chi connectivity index (χ1n) is 7.73. The number of carbonyl (C=O) groups excluding carboxylic acids is 1. The number of benzene rings is 1. The fourth-order valence-electron chi connectivity index (χ4n) is 2.70. The lowest BCUT2D eigenvalue weighted by molar-refractivity contribution is 0.0988. The molecular formula is C16H20ClN5O. The molecule has 122 valence electrons. The van der Waals surface area contributed by atoms with E-state index in [1.807, 2.05) is 23.7 Å². The smallest absolute Gasteiger partial charge is 0.280 e. The van der Waals surface area contributed by atoms with Crippen LogP contribution < -0.4 is 10.2 Å². The Morgan fingerprint density at radius 1 is 1.39 bits per heavy atom. The van der Waals surface area contributed by atoms with E-state index in [1.54, 1.807) is 24.2 Å². The quantitative estimate of drug-likeness (QED) is 0.937. The van der Waals surface area contributed by atoms with Gasteiger partial charge in [-0.3, -0.25) is 4.79 Å². The van der Waals surface area contributed by atoms with Gasteiger partial charge in [-0.05, 0) is 50.6 Å². The number of aryl methyl sites for hydroxylation is 1. The van der Waals surface area contributed by atoms with E-state index < -0.39 is 0 Å². The third-order valence-electron chi connectivity index (χ3n) is 4.26. The number of hydrogen-bond acceptors (Lipinski definition) is 4. The number of piperidine rings is 1. The monoisotopic (exact) mass is 333 g/mol. The number of nitrogens with zero attached hydrogens (tertiary/aromatic N) is 4. The maximum Gasteiger partial charge on any atom is 0.280 e. The minimum absolute atomic E-state index is 0.190. The Morgan fingerprint density at radius 2 is 2.13 bits per heavy atom. The molecule has 1 aliphatic heterocycles. The van der Waals surface area contributed by atoms with Gasteiger partial charge in [0.25, 0.3) is 5.91 Å². The molecule has 1 amide bonds. The highest BCUT2D eigenvalue weighted by Gasteiger charge is 2.21. The molecule has 1 aromatic carbocycles. The number of amides is 1. The zero-order chi connectivity index (χ0) is 16.4. The number of hydrogen-bond donors (Lipinski definition) is 1. The van der Waals surface area contributed by atoms with Crippen molar-refractivity contribution in [2.45, 2.75) is 25.8 Å². The first-order valence-corrected chi connectivity index (χ1v) is 8.11. The average Bonchev–Trinajstić information content (AvgIpc) is 3.07. The second-order valence-electron chi connectivity index (χ2n) is 5.86. The van der Waals surface area contributed by atoms with Gasteiger partial charge in [0.15, 0.2) is 5.69 Å². The summed E-state index contributed by atoms with van der Waals surface area (Å²) in [5, 5.41) is 12.1. The fraction of sp³-hybridized carbons (Fsp3) is 0.438. The van der Waals surface area contributed by atoms with Crippen LogP contribution >= 0.6 is 11.6 Å². The van der Waals surface area contributed by atoms with E-state index in [0.717, 1.165) is 37.2 Å². The van der Waals surface area contributed by atoms with E-state index >= 15 is 0 Å². The molecule has 7 heteroatoms. The van der Waals surface area contributed by atoms with E-state index in [-0.39, 0.29) is 5.91 Å². The molecule has 1 aromatic heterocycles. The third-order valence-corrected chi connectivity index (χ3v) is 4.67. The summed E-state index contributed by atoms with van der Waals surface area (Å²) in [6, 6.07) is 5.86. The number of rotatable bonds is 3. The van der Waals surface area contributed by atoms with Gasteiger partial charge < -0.3 is 10.2 Å². The van der Waals surface area contributed by atoms with Crippen molar-refractivity contribution in [1.29, 1.82) is 0 Å². The van der Waals surface area contributed by atoms with Crippen LogP contribution in [-0.2, 0) is 0 Å². The van der Waals surface area contributed by atoms with Crippen molar-refractivity contribution < 1.29 is 4.79 Å². The summed E-state index contributed by atoms with van der Waals surface area (Å²) in [7, 11) is 1.72. The highest BCUT2D eigenvalue weighted by atomic mass is 35.5. The van der Waals surface area contributed by atoms with E-state index in [9.17, 15) is 4.79 Å². The van der Waals surface area contributed by atoms with Crippen LogP contribution in [0.4, 0.5) is 5.69 Å². The average molecular weight is 334 g/mol. The molecule has 0 unspecified atom stereocenters. The number of carbonyl (C=O) groups is 1. The maximum absolute atomic E-state index is 12.6. The topological polar surface area (TPSA) is 63.1 Å². The van der Waals surface area contributed by atoms with Gasteiger partial charge in [-0.25, -0.2) is 4.68 Å². The van der Waals surface area contributed by atoms with Gasteiger partial charge >= 0.3 is 0 Å². The van der Waals surface area contributed by atoms with Crippen LogP contribution in [0.1, 0.15) is 34.9 Å². The second-order valence-corrected chi connectivity index (χ2v) is 6.27. The van der Waals surface area contributed by atoms with E-state index in [4.69, 9.17) is 11.6 Å². The summed E-state index contributed by atoms with van der Waals surface area (Å²) in [5.41, 5.74) is 2.07. The Kier molecular flexibility index (Phi) is 4.63. The Labute approximate surface area is 140 Å². The summed E-state index contributed by atoms with van der Waals surface area (Å²) in [6.45, 7) is 3.86. The number of halogens is 1. The van der Waals surface area contributed by atoms with E-state index in [2.05, 4.69) is 15.6 Å². The van der Waals surface area contributed by atoms with Crippen LogP contribution in [0.15, 0.2) is 24.4 Å². The zero-order valence-corrected chi connectivity index (χ0v) is 14.0. The predicted molar refractivity (Wildman–Crippen MR) is 90.1 cm³/mol. The van der Waals surface area contributed by atoms with Crippen molar-refractivity contribution in [2.24, 2.45) is 0 Å². The number of nitrogens with one attached hydrogen (secondary N) is 1. The standard InChI is InChI=1S/C16H20ClN5O/c1-11-3-4-13(9-14(11)17)21(2)16(23)15-10-22(20-19-15)12-5-7-18-8-6-12/h3-4,9-10,12,18H,5-8H2,1-2H3. The molecular weight excluding hydrogens is 314 g/mol. The van der Waals surface area contributed by atoms with Gasteiger partial charge in [0, 0.05) is 17.8 Å². The van der Waals surface area contributed by atoms with Crippen LogP contribution in [0.5, 0.6) is 0 Å². The lowest BCUT2D eigenvalue weighted by atomic mass is 10.1. The van der Waals surface area contributed by atoms with Crippen molar-refractivity contribution in [2.75, 3.05) is 25.0 Å². The molecule has 23 heavy (non-hydrogen) atoms. The molecule has 0 atom stereocenters. The van der Waals surface area contributed by atoms with Gasteiger partial charge in [-0.2, -0.15) is 0 Å². The Morgan fingerprint density at radius 3 is 2.83 bits per heavy atom. The number of anilines is 1. The highest BCUT2D eigenvalue weighted by molar-refractivity contribution is 6.31. The minimum Gasteiger partial charge on any atom is -0.317 e. The van der Waals surface area contributed by atoms with Gasteiger partial charge in [0.2, 0.25) is 0 Å². The highest BCUT2D eigenvalue weighted by Crippen LogP contribution is 2.23. The summed E-state index contributed by atoms with van der Waals surface area (Å²) in [5.74, 6) is -0.190. The number of aromatic nitrogens is 3. The Bertz CT molecular complexity index is 708. The molecule has 0 saturated carbocycles. The summed E-state index contributed by atoms with van der Waals surface area (Å²) in [6.07, 6.45) is 3.74. The molecule has 6 nitrogen and oxygen atoms in total. The first kappa shape index (κ1) is 16.0. The molecule has 1 N–H and O–H groups in total.